The normalized spacial score (nSPS) is 16.1. The molecule has 1 N–H and O–H groups in total. The maximum Gasteiger partial charge on any atom is 0.249 e. The van der Waals surface area contributed by atoms with Crippen LogP contribution < -0.4 is 5.32 Å². The Bertz CT molecular complexity index is 952. The number of nitrogens with one attached hydrogen (secondary N) is 1. The molecule has 1 unspecified atom stereocenters. The van der Waals surface area contributed by atoms with Gasteiger partial charge in [0.1, 0.15) is 11.9 Å². The topological polar surface area (TPSA) is 77.0 Å². The molecule has 1 aliphatic heterocycles. The van der Waals surface area contributed by atoms with E-state index in [1.807, 2.05) is 49.5 Å². The third-order valence-corrected chi connectivity index (χ3v) is 4.82. The van der Waals surface area contributed by atoms with Gasteiger partial charge < -0.3 is 10.1 Å². The molecule has 4 rings (SSSR count). The van der Waals surface area contributed by atoms with Gasteiger partial charge in [0, 0.05) is 42.9 Å². The number of amides is 1. The molecule has 6 nitrogen and oxygen atoms in total. The smallest absolute Gasteiger partial charge is 0.249 e. The second-order valence-corrected chi connectivity index (χ2v) is 6.83. The van der Waals surface area contributed by atoms with Crippen molar-refractivity contribution in [2.24, 2.45) is 0 Å². The lowest BCUT2D eigenvalue weighted by Gasteiger charge is -2.12. The molecule has 6 heteroatoms. The van der Waals surface area contributed by atoms with Gasteiger partial charge in [-0.25, -0.2) is 9.97 Å². The molecule has 3 heterocycles. The first-order valence-corrected chi connectivity index (χ1v) is 9.43. The second-order valence-electron chi connectivity index (χ2n) is 6.83. The third-order valence-electron chi connectivity index (χ3n) is 4.82. The zero-order valence-corrected chi connectivity index (χ0v) is 15.8. The summed E-state index contributed by atoms with van der Waals surface area (Å²) in [6.07, 6.45) is 6.83. The number of carbonyl (C=O) groups is 1. The largest absolute Gasteiger partial charge is 0.368 e. The van der Waals surface area contributed by atoms with Gasteiger partial charge in [-0.15, -0.1) is 0 Å². The minimum atomic E-state index is -0.300. The van der Waals surface area contributed by atoms with Crippen molar-refractivity contribution in [1.29, 1.82) is 0 Å². The molecule has 1 aliphatic rings. The van der Waals surface area contributed by atoms with Gasteiger partial charge in [0.25, 0.3) is 0 Å². The van der Waals surface area contributed by atoms with E-state index in [9.17, 15) is 4.79 Å². The fraction of sp³-hybridized carbons (Fsp3) is 0.273. The van der Waals surface area contributed by atoms with Crippen LogP contribution in [0.5, 0.6) is 0 Å². The van der Waals surface area contributed by atoms with Crippen LogP contribution in [0.25, 0.3) is 22.4 Å². The molecule has 28 heavy (non-hydrogen) atoms. The number of rotatable bonds is 5. The van der Waals surface area contributed by atoms with Gasteiger partial charge >= 0.3 is 0 Å². The molecule has 1 fully saturated rings. The lowest BCUT2D eigenvalue weighted by atomic mass is 10.0. The van der Waals surface area contributed by atoms with Crippen molar-refractivity contribution in [2.45, 2.75) is 32.4 Å². The molecular formula is C22H22N4O2. The number of aryl methyl sites for hydroxylation is 1. The van der Waals surface area contributed by atoms with Crippen LogP contribution in [0.4, 0.5) is 0 Å². The van der Waals surface area contributed by atoms with Gasteiger partial charge in [-0.2, -0.15) is 0 Å². The van der Waals surface area contributed by atoms with E-state index in [1.165, 1.54) is 0 Å². The van der Waals surface area contributed by atoms with Crippen molar-refractivity contribution in [2.75, 3.05) is 6.61 Å². The molecule has 0 spiro atoms. The maximum absolute atomic E-state index is 12.1. The average Bonchev–Trinajstić information content (AvgIpc) is 3.28. The van der Waals surface area contributed by atoms with Gasteiger partial charge in [-0.05, 0) is 43.0 Å². The number of carbonyl (C=O) groups excluding carboxylic acids is 1. The maximum atomic E-state index is 12.1. The molecule has 3 aromatic rings. The fourth-order valence-electron chi connectivity index (χ4n) is 3.30. The summed E-state index contributed by atoms with van der Waals surface area (Å²) in [5.41, 5.74) is 4.91. The summed E-state index contributed by atoms with van der Waals surface area (Å²) in [5.74, 6) is 0.689. The van der Waals surface area contributed by atoms with E-state index in [0.29, 0.717) is 13.2 Å². The van der Waals surface area contributed by atoms with E-state index >= 15 is 0 Å². The van der Waals surface area contributed by atoms with Gasteiger partial charge in [0.2, 0.25) is 5.91 Å². The van der Waals surface area contributed by atoms with E-state index < -0.39 is 0 Å². The zero-order valence-electron chi connectivity index (χ0n) is 15.8. The highest BCUT2D eigenvalue weighted by Gasteiger charge is 2.23. The van der Waals surface area contributed by atoms with Crippen LogP contribution in [0.15, 0.2) is 55.0 Å². The Labute approximate surface area is 164 Å². The SMILES string of the molecule is Cc1ncc(-c2ccncc2)c(-c2ccc(CNC(=O)C3CCCO3)cc2)n1. The summed E-state index contributed by atoms with van der Waals surface area (Å²) in [7, 11) is 0. The van der Waals surface area contributed by atoms with Gasteiger partial charge in [-0.3, -0.25) is 9.78 Å². The molecule has 0 bridgehead atoms. The quantitative estimate of drug-likeness (QED) is 0.741. The van der Waals surface area contributed by atoms with Crippen molar-refractivity contribution in [3.8, 4) is 22.4 Å². The van der Waals surface area contributed by atoms with Gasteiger partial charge in [0.15, 0.2) is 0 Å². The van der Waals surface area contributed by atoms with Crippen LogP contribution in [0.3, 0.4) is 0 Å². The second kappa shape index (κ2) is 8.27. The van der Waals surface area contributed by atoms with Crippen LogP contribution in [0, 0.1) is 6.92 Å². The summed E-state index contributed by atoms with van der Waals surface area (Å²) >= 11 is 0. The lowest BCUT2D eigenvalue weighted by Crippen LogP contribution is -2.33. The Morgan fingerprint density at radius 1 is 1.14 bits per heavy atom. The molecule has 1 saturated heterocycles. The molecule has 142 valence electrons. The summed E-state index contributed by atoms with van der Waals surface area (Å²) in [6.45, 7) is 3.04. The highest BCUT2D eigenvalue weighted by molar-refractivity contribution is 5.81. The molecule has 0 radical (unpaired) electrons. The van der Waals surface area contributed by atoms with Crippen LogP contribution in [0.1, 0.15) is 24.2 Å². The summed E-state index contributed by atoms with van der Waals surface area (Å²) < 4.78 is 5.42. The Hall–Kier alpha value is -3.12. The number of aromatic nitrogens is 3. The first-order valence-electron chi connectivity index (χ1n) is 9.43. The van der Waals surface area contributed by atoms with E-state index in [4.69, 9.17) is 4.74 Å². The summed E-state index contributed by atoms with van der Waals surface area (Å²) in [4.78, 5) is 25.2. The standard InChI is InChI=1S/C22H22N4O2/c1-15-24-14-19(17-8-10-23-11-9-17)21(26-15)18-6-4-16(5-7-18)13-25-22(27)20-3-2-12-28-20/h4-11,14,20H,2-3,12-13H2,1H3,(H,25,27). The molecule has 0 saturated carbocycles. The number of benzene rings is 1. The Morgan fingerprint density at radius 3 is 2.64 bits per heavy atom. The monoisotopic (exact) mass is 374 g/mol. The molecule has 2 aromatic heterocycles. The number of pyridine rings is 1. The number of hydrogen-bond acceptors (Lipinski definition) is 5. The van der Waals surface area contributed by atoms with Crippen LogP contribution in [0.2, 0.25) is 0 Å². The summed E-state index contributed by atoms with van der Waals surface area (Å²) in [5, 5.41) is 2.95. The van der Waals surface area contributed by atoms with E-state index in [1.54, 1.807) is 12.4 Å². The van der Waals surface area contributed by atoms with E-state index in [2.05, 4.69) is 20.3 Å². The van der Waals surface area contributed by atoms with Crippen molar-refractivity contribution < 1.29 is 9.53 Å². The average molecular weight is 374 g/mol. The minimum Gasteiger partial charge on any atom is -0.368 e. The predicted octanol–water partition coefficient (Wildman–Crippen LogP) is 3.31. The van der Waals surface area contributed by atoms with Crippen LogP contribution in [-0.4, -0.2) is 33.6 Å². The van der Waals surface area contributed by atoms with E-state index in [-0.39, 0.29) is 12.0 Å². The predicted molar refractivity (Wildman–Crippen MR) is 106 cm³/mol. The van der Waals surface area contributed by atoms with Crippen LogP contribution in [-0.2, 0) is 16.1 Å². The molecule has 1 amide bonds. The van der Waals surface area contributed by atoms with Crippen LogP contribution >= 0.6 is 0 Å². The first kappa shape index (κ1) is 18.3. The Morgan fingerprint density at radius 2 is 1.93 bits per heavy atom. The van der Waals surface area contributed by atoms with Crippen molar-refractivity contribution >= 4 is 5.91 Å². The van der Waals surface area contributed by atoms with Gasteiger partial charge in [0.05, 0.1) is 5.69 Å². The van der Waals surface area contributed by atoms with Crippen molar-refractivity contribution in [1.82, 2.24) is 20.3 Å². The van der Waals surface area contributed by atoms with E-state index in [0.717, 1.165) is 46.6 Å². The Balaban J connectivity index is 1.52. The number of nitrogens with zero attached hydrogens (tertiary/aromatic N) is 3. The molecular weight excluding hydrogens is 352 g/mol. The fourth-order valence-corrected chi connectivity index (χ4v) is 3.30. The summed E-state index contributed by atoms with van der Waals surface area (Å²) in [6, 6.07) is 12.0. The Kier molecular flexibility index (Phi) is 5.39. The molecule has 1 aromatic carbocycles. The zero-order chi connectivity index (χ0) is 19.3. The molecule has 0 aliphatic carbocycles. The van der Waals surface area contributed by atoms with Crippen molar-refractivity contribution in [3.05, 3.63) is 66.4 Å². The first-order chi connectivity index (χ1) is 13.7. The van der Waals surface area contributed by atoms with Crippen molar-refractivity contribution in [3.63, 3.8) is 0 Å². The molecule has 1 atom stereocenters. The highest BCUT2D eigenvalue weighted by atomic mass is 16.5. The number of hydrogen-bond donors (Lipinski definition) is 1. The number of ether oxygens (including phenoxy) is 1. The highest BCUT2D eigenvalue weighted by Crippen LogP contribution is 2.29. The third kappa shape index (κ3) is 4.07. The van der Waals surface area contributed by atoms with Gasteiger partial charge in [-0.1, -0.05) is 24.3 Å². The minimum absolute atomic E-state index is 0.0343. The lowest BCUT2D eigenvalue weighted by molar-refractivity contribution is -0.130.